The van der Waals surface area contributed by atoms with E-state index in [0.29, 0.717) is 11.6 Å². The van der Waals surface area contributed by atoms with E-state index >= 15 is 0 Å². The summed E-state index contributed by atoms with van der Waals surface area (Å²) in [5.74, 6) is 0. The lowest BCUT2D eigenvalue weighted by molar-refractivity contribution is -0.384. The molecule has 2 aromatic rings. The predicted octanol–water partition coefficient (Wildman–Crippen LogP) is 4.42. The summed E-state index contributed by atoms with van der Waals surface area (Å²) in [6.07, 6.45) is 0.980. The van der Waals surface area contributed by atoms with Crippen LogP contribution in [0.3, 0.4) is 0 Å². The van der Waals surface area contributed by atoms with E-state index in [9.17, 15) is 10.1 Å². The van der Waals surface area contributed by atoms with Gasteiger partial charge in [-0.1, -0.05) is 30.7 Å². The highest BCUT2D eigenvalue weighted by molar-refractivity contribution is 6.31. The number of nitrogens with one attached hydrogen (secondary N) is 1. The van der Waals surface area contributed by atoms with Crippen LogP contribution in [-0.2, 0) is 13.0 Å². The molecule has 0 saturated heterocycles. The largest absolute Gasteiger partial charge is 0.381 e. The normalized spacial score (nSPS) is 10.3. The Morgan fingerprint density at radius 2 is 2.05 bits per heavy atom. The Hall–Kier alpha value is -2.07. The first-order valence-electron chi connectivity index (χ1n) is 6.35. The van der Waals surface area contributed by atoms with E-state index in [1.54, 1.807) is 6.07 Å². The Labute approximate surface area is 122 Å². The van der Waals surface area contributed by atoms with Crippen molar-refractivity contribution in [3.63, 3.8) is 0 Å². The molecule has 0 amide bonds. The second-order valence-corrected chi connectivity index (χ2v) is 4.85. The van der Waals surface area contributed by atoms with Gasteiger partial charge >= 0.3 is 0 Å². The Morgan fingerprint density at radius 1 is 1.25 bits per heavy atom. The quantitative estimate of drug-likeness (QED) is 0.655. The monoisotopic (exact) mass is 290 g/mol. The van der Waals surface area contributed by atoms with Gasteiger partial charge in [0.1, 0.15) is 0 Å². The SMILES string of the molecule is CCc1cccc(NCc2ccc([N+](=O)[O-])cc2Cl)c1. The molecule has 0 radical (unpaired) electrons. The van der Waals surface area contributed by atoms with Crippen molar-refractivity contribution in [1.82, 2.24) is 0 Å². The number of aryl methyl sites for hydroxylation is 1. The molecule has 4 nitrogen and oxygen atoms in total. The van der Waals surface area contributed by atoms with Gasteiger partial charge in [-0.2, -0.15) is 0 Å². The molecule has 0 saturated carbocycles. The lowest BCUT2D eigenvalue weighted by Crippen LogP contribution is -2.01. The second kappa shape index (κ2) is 6.39. The molecule has 0 fully saturated rings. The molecule has 0 bridgehead atoms. The van der Waals surface area contributed by atoms with Crippen LogP contribution in [0.4, 0.5) is 11.4 Å². The van der Waals surface area contributed by atoms with Crippen molar-refractivity contribution in [1.29, 1.82) is 0 Å². The van der Waals surface area contributed by atoms with Gasteiger partial charge < -0.3 is 5.32 Å². The number of benzene rings is 2. The van der Waals surface area contributed by atoms with Crippen LogP contribution in [0.2, 0.25) is 5.02 Å². The van der Waals surface area contributed by atoms with Crippen molar-refractivity contribution in [2.24, 2.45) is 0 Å². The molecular formula is C15H15ClN2O2. The Kier molecular flexibility index (Phi) is 4.58. The van der Waals surface area contributed by atoms with Crippen LogP contribution in [0.15, 0.2) is 42.5 Å². The standard InChI is InChI=1S/C15H15ClN2O2/c1-2-11-4-3-5-13(8-11)17-10-12-6-7-14(18(19)20)9-15(12)16/h3-9,17H,2,10H2,1H3. The number of rotatable bonds is 5. The molecule has 0 unspecified atom stereocenters. The van der Waals surface area contributed by atoms with Gasteiger partial charge in [-0.15, -0.1) is 0 Å². The zero-order valence-corrected chi connectivity index (χ0v) is 11.9. The molecule has 0 spiro atoms. The maximum absolute atomic E-state index is 10.6. The average molecular weight is 291 g/mol. The number of hydrogen-bond donors (Lipinski definition) is 1. The summed E-state index contributed by atoms with van der Waals surface area (Å²) in [6, 6.07) is 12.7. The fraction of sp³-hybridized carbons (Fsp3) is 0.200. The first kappa shape index (κ1) is 14.3. The number of nitrogens with zero attached hydrogens (tertiary/aromatic N) is 1. The van der Waals surface area contributed by atoms with E-state index in [-0.39, 0.29) is 5.69 Å². The van der Waals surface area contributed by atoms with Crippen molar-refractivity contribution in [2.45, 2.75) is 19.9 Å². The molecule has 0 aromatic heterocycles. The summed E-state index contributed by atoms with van der Waals surface area (Å²) < 4.78 is 0. The van der Waals surface area contributed by atoms with Crippen LogP contribution in [0.25, 0.3) is 0 Å². The average Bonchev–Trinajstić information content (AvgIpc) is 2.46. The third-order valence-corrected chi connectivity index (χ3v) is 3.42. The maximum atomic E-state index is 10.6. The molecule has 1 N–H and O–H groups in total. The van der Waals surface area contributed by atoms with Crippen LogP contribution in [0, 0.1) is 10.1 Å². The maximum Gasteiger partial charge on any atom is 0.270 e. The molecule has 0 aliphatic heterocycles. The van der Waals surface area contributed by atoms with E-state index < -0.39 is 4.92 Å². The molecule has 0 aliphatic carbocycles. The van der Waals surface area contributed by atoms with E-state index in [4.69, 9.17) is 11.6 Å². The zero-order chi connectivity index (χ0) is 14.5. The fourth-order valence-electron chi connectivity index (χ4n) is 1.89. The summed E-state index contributed by atoms with van der Waals surface area (Å²) in [6.45, 7) is 2.64. The Balaban J connectivity index is 2.08. The topological polar surface area (TPSA) is 55.2 Å². The van der Waals surface area contributed by atoms with E-state index in [1.807, 2.05) is 12.1 Å². The molecule has 5 heteroatoms. The van der Waals surface area contributed by atoms with Gasteiger partial charge in [0.2, 0.25) is 0 Å². The van der Waals surface area contributed by atoms with E-state index in [2.05, 4.69) is 24.4 Å². The molecule has 2 rings (SSSR count). The first-order chi connectivity index (χ1) is 9.60. The lowest BCUT2D eigenvalue weighted by atomic mass is 10.1. The van der Waals surface area contributed by atoms with Gasteiger partial charge in [-0.25, -0.2) is 0 Å². The zero-order valence-electron chi connectivity index (χ0n) is 11.1. The number of nitro groups is 1. The molecule has 20 heavy (non-hydrogen) atoms. The Morgan fingerprint density at radius 3 is 2.70 bits per heavy atom. The molecule has 0 heterocycles. The number of halogens is 1. The summed E-state index contributed by atoms with van der Waals surface area (Å²) in [4.78, 5) is 10.2. The van der Waals surface area contributed by atoms with Crippen LogP contribution >= 0.6 is 11.6 Å². The predicted molar refractivity (Wildman–Crippen MR) is 81.3 cm³/mol. The van der Waals surface area contributed by atoms with Crippen molar-refractivity contribution < 1.29 is 4.92 Å². The highest BCUT2D eigenvalue weighted by Gasteiger charge is 2.09. The van der Waals surface area contributed by atoms with Gasteiger partial charge in [-0.05, 0) is 35.7 Å². The number of nitro benzene ring substituents is 1. The number of anilines is 1. The van der Waals surface area contributed by atoms with Crippen LogP contribution in [0.1, 0.15) is 18.1 Å². The molecule has 104 valence electrons. The summed E-state index contributed by atoms with van der Waals surface area (Å²) in [7, 11) is 0. The first-order valence-corrected chi connectivity index (χ1v) is 6.73. The smallest absolute Gasteiger partial charge is 0.270 e. The lowest BCUT2D eigenvalue weighted by Gasteiger charge is -2.09. The summed E-state index contributed by atoms with van der Waals surface area (Å²) >= 11 is 6.05. The third kappa shape index (κ3) is 3.48. The fourth-order valence-corrected chi connectivity index (χ4v) is 2.13. The van der Waals surface area contributed by atoms with Crippen molar-refractivity contribution in [3.8, 4) is 0 Å². The van der Waals surface area contributed by atoms with Gasteiger partial charge in [0, 0.05) is 24.4 Å². The van der Waals surface area contributed by atoms with E-state index in [0.717, 1.165) is 17.7 Å². The van der Waals surface area contributed by atoms with E-state index in [1.165, 1.54) is 17.7 Å². The van der Waals surface area contributed by atoms with Gasteiger partial charge in [0.15, 0.2) is 0 Å². The van der Waals surface area contributed by atoms with Gasteiger partial charge in [0.05, 0.1) is 9.95 Å². The van der Waals surface area contributed by atoms with Crippen molar-refractivity contribution in [3.05, 3.63) is 68.7 Å². The Bertz CT molecular complexity index is 629. The molecular weight excluding hydrogens is 276 g/mol. The van der Waals surface area contributed by atoms with Crippen molar-refractivity contribution in [2.75, 3.05) is 5.32 Å². The third-order valence-electron chi connectivity index (χ3n) is 3.07. The van der Waals surface area contributed by atoms with Crippen LogP contribution < -0.4 is 5.32 Å². The minimum absolute atomic E-state index is 0.00623. The highest BCUT2D eigenvalue weighted by Crippen LogP contribution is 2.23. The molecule has 2 aromatic carbocycles. The molecule has 0 atom stereocenters. The minimum Gasteiger partial charge on any atom is -0.381 e. The van der Waals surface area contributed by atoms with Gasteiger partial charge in [0.25, 0.3) is 5.69 Å². The van der Waals surface area contributed by atoms with Gasteiger partial charge in [-0.3, -0.25) is 10.1 Å². The minimum atomic E-state index is -0.451. The number of non-ortho nitro benzene ring substituents is 1. The molecule has 0 aliphatic rings. The highest BCUT2D eigenvalue weighted by atomic mass is 35.5. The summed E-state index contributed by atoms with van der Waals surface area (Å²) in [5, 5.41) is 14.3. The second-order valence-electron chi connectivity index (χ2n) is 4.44. The van der Waals surface area contributed by atoms with Crippen molar-refractivity contribution >= 4 is 23.0 Å². The summed E-state index contributed by atoms with van der Waals surface area (Å²) in [5.41, 5.74) is 3.11. The van der Waals surface area contributed by atoms with Crippen LogP contribution in [-0.4, -0.2) is 4.92 Å². The van der Waals surface area contributed by atoms with Crippen LogP contribution in [0.5, 0.6) is 0 Å². The number of hydrogen-bond acceptors (Lipinski definition) is 3.